The summed E-state index contributed by atoms with van der Waals surface area (Å²) in [6.45, 7) is 4.80. The van der Waals surface area contributed by atoms with Gasteiger partial charge in [0, 0.05) is 12.3 Å². The third kappa shape index (κ3) is 4.01. The lowest BCUT2D eigenvalue weighted by Crippen LogP contribution is -2.31. The quantitative estimate of drug-likeness (QED) is 0.870. The minimum Gasteiger partial charge on any atom is -0.355 e. The minimum absolute atomic E-state index is 0.00646. The van der Waals surface area contributed by atoms with E-state index in [1.807, 2.05) is 6.92 Å². The summed E-state index contributed by atoms with van der Waals surface area (Å²) in [4.78, 5) is 11.8. The van der Waals surface area contributed by atoms with E-state index < -0.39 is 0 Å². The first-order valence-electron chi connectivity index (χ1n) is 7.07. The largest absolute Gasteiger partial charge is 0.355 e. The van der Waals surface area contributed by atoms with Crippen LogP contribution < -0.4 is 5.32 Å². The highest BCUT2D eigenvalue weighted by Gasteiger charge is 2.12. The number of hydrogen-bond acceptors (Lipinski definition) is 2. The molecule has 0 fully saturated rings. The minimum atomic E-state index is -0.00646. The van der Waals surface area contributed by atoms with E-state index in [2.05, 4.69) is 54.7 Å². The zero-order valence-corrected chi connectivity index (χ0v) is 12.9. The summed E-state index contributed by atoms with van der Waals surface area (Å²) in [6, 6.07) is 14.9. The Hall–Kier alpha value is -1.48. The predicted octanol–water partition coefficient (Wildman–Crippen LogP) is 3.99. The second kappa shape index (κ2) is 7.34. The highest BCUT2D eigenvalue weighted by Crippen LogP contribution is 2.21. The molecule has 2 rings (SSSR count). The molecule has 1 atom stereocenters. The molecule has 0 aliphatic carbocycles. The van der Waals surface area contributed by atoms with Crippen molar-refractivity contribution in [1.82, 2.24) is 5.32 Å². The average molecular weight is 287 g/mol. The monoisotopic (exact) mass is 287 g/mol. The van der Waals surface area contributed by atoms with Gasteiger partial charge in [-0.2, -0.15) is 0 Å². The molecule has 0 bridgehead atoms. The summed E-state index contributed by atoms with van der Waals surface area (Å²) in [6.07, 6.45) is 0.980. The number of rotatable bonds is 6. The zero-order chi connectivity index (χ0) is 14.4. The van der Waals surface area contributed by atoms with Crippen LogP contribution in [0.4, 0.5) is 0 Å². The van der Waals surface area contributed by atoms with Crippen molar-refractivity contribution in [2.24, 2.45) is 0 Å². The van der Waals surface area contributed by atoms with Gasteiger partial charge in [-0.3, -0.25) is 4.79 Å². The highest BCUT2D eigenvalue weighted by molar-refractivity contribution is 7.99. The molecule has 2 nitrogen and oxygen atoms in total. The smallest absolute Gasteiger partial charge is 0.232 e. The Bertz CT molecular complexity index is 582. The molecule has 0 heterocycles. The summed E-state index contributed by atoms with van der Waals surface area (Å²) < 4.78 is 0. The van der Waals surface area contributed by atoms with Gasteiger partial charge in [0.2, 0.25) is 5.91 Å². The van der Waals surface area contributed by atoms with Crippen LogP contribution in [0.5, 0.6) is 0 Å². The standard InChI is InChI=1S/C17H21NOS/c1-3-10-18-17(19)13(2)20-12-14-8-9-15-6-4-5-7-16(15)11-14/h4-9,11,13H,3,10,12H2,1-2H3,(H,18,19). The topological polar surface area (TPSA) is 29.1 Å². The Morgan fingerprint density at radius 2 is 1.95 bits per heavy atom. The third-order valence-corrected chi connectivity index (χ3v) is 4.45. The Morgan fingerprint density at radius 3 is 2.70 bits per heavy atom. The van der Waals surface area contributed by atoms with E-state index in [-0.39, 0.29) is 11.2 Å². The second-order valence-corrected chi connectivity index (χ2v) is 6.25. The van der Waals surface area contributed by atoms with Crippen molar-refractivity contribution in [2.75, 3.05) is 6.54 Å². The van der Waals surface area contributed by atoms with Crippen LogP contribution in [0.15, 0.2) is 42.5 Å². The Balaban J connectivity index is 1.93. The van der Waals surface area contributed by atoms with Crippen LogP contribution in [-0.4, -0.2) is 17.7 Å². The van der Waals surface area contributed by atoms with Crippen LogP contribution in [0.1, 0.15) is 25.8 Å². The molecule has 1 amide bonds. The molecule has 1 unspecified atom stereocenters. The van der Waals surface area contributed by atoms with Crippen LogP contribution >= 0.6 is 11.8 Å². The number of carbonyl (C=O) groups is 1. The lowest BCUT2D eigenvalue weighted by Gasteiger charge is -2.11. The van der Waals surface area contributed by atoms with Gasteiger partial charge >= 0.3 is 0 Å². The Labute approximate surface area is 125 Å². The molecule has 0 saturated carbocycles. The van der Waals surface area contributed by atoms with Gasteiger partial charge < -0.3 is 5.32 Å². The molecule has 0 spiro atoms. The van der Waals surface area contributed by atoms with E-state index in [1.165, 1.54) is 16.3 Å². The molecule has 0 saturated heterocycles. The average Bonchev–Trinajstić information content (AvgIpc) is 2.50. The van der Waals surface area contributed by atoms with Crippen molar-refractivity contribution in [2.45, 2.75) is 31.3 Å². The zero-order valence-electron chi connectivity index (χ0n) is 12.1. The number of nitrogens with one attached hydrogen (secondary N) is 1. The lowest BCUT2D eigenvalue weighted by atomic mass is 10.1. The summed E-state index contributed by atoms with van der Waals surface area (Å²) in [5.41, 5.74) is 1.27. The predicted molar refractivity (Wildman–Crippen MR) is 88.0 cm³/mol. The van der Waals surface area contributed by atoms with Crippen LogP contribution in [0, 0.1) is 0 Å². The number of fused-ring (bicyclic) bond motifs is 1. The third-order valence-electron chi connectivity index (χ3n) is 3.23. The van der Waals surface area contributed by atoms with Crippen molar-refractivity contribution in [3.05, 3.63) is 48.0 Å². The van der Waals surface area contributed by atoms with E-state index in [1.54, 1.807) is 11.8 Å². The van der Waals surface area contributed by atoms with Crippen molar-refractivity contribution in [1.29, 1.82) is 0 Å². The molecule has 2 aromatic rings. The maximum atomic E-state index is 11.8. The van der Waals surface area contributed by atoms with Crippen LogP contribution in [-0.2, 0) is 10.5 Å². The van der Waals surface area contributed by atoms with Crippen molar-refractivity contribution < 1.29 is 4.79 Å². The van der Waals surface area contributed by atoms with Crippen molar-refractivity contribution in [3.8, 4) is 0 Å². The SMILES string of the molecule is CCCNC(=O)C(C)SCc1ccc2ccccc2c1. The molecule has 106 valence electrons. The molecular weight excluding hydrogens is 266 g/mol. The number of hydrogen-bond donors (Lipinski definition) is 1. The molecule has 3 heteroatoms. The summed E-state index contributed by atoms with van der Waals surface area (Å²) in [5, 5.41) is 5.45. The second-order valence-electron chi connectivity index (χ2n) is 4.93. The van der Waals surface area contributed by atoms with Gasteiger partial charge in [-0.25, -0.2) is 0 Å². The van der Waals surface area contributed by atoms with Gasteiger partial charge in [0.15, 0.2) is 0 Å². The first-order chi connectivity index (χ1) is 9.70. The number of amides is 1. The summed E-state index contributed by atoms with van der Waals surface area (Å²) >= 11 is 1.68. The van der Waals surface area contributed by atoms with Crippen molar-refractivity contribution >= 4 is 28.4 Å². The van der Waals surface area contributed by atoms with Gasteiger partial charge in [-0.05, 0) is 29.7 Å². The van der Waals surface area contributed by atoms with Gasteiger partial charge in [-0.15, -0.1) is 11.8 Å². The van der Waals surface area contributed by atoms with E-state index in [0.717, 1.165) is 18.7 Å². The van der Waals surface area contributed by atoms with Crippen LogP contribution in [0.2, 0.25) is 0 Å². The van der Waals surface area contributed by atoms with Crippen molar-refractivity contribution in [3.63, 3.8) is 0 Å². The maximum absolute atomic E-state index is 11.8. The lowest BCUT2D eigenvalue weighted by molar-refractivity contribution is -0.120. The highest BCUT2D eigenvalue weighted by atomic mass is 32.2. The fourth-order valence-electron chi connectivity index (χ4n) is 2.02. The summed E-state index contributed by atoms with van der Waals surface area (Å²) in [5.74, 6) is 1.00. The van der Waals surface area contributed by atoms with E-state index in [9.17, 15) is 4.79 Å². The van der Waals surface area contributed by atoms with Crippen LogP contribution in [0.3, 0.4) is 0 Å². The van der Waals surface area contributed by atoms with Gasteiger partial charge in [0.25, 0.3) is 0 Å². The molecule has 20 heavy (non-hydrogen) atoms. The fraction of sp³-hybridized carbons (Fsp3) is 0.353. The Kier molecular flexibility index (Phi) is 5.48. The fourth-order valence-corrected chi connectivity index (χ4v) is 2.87. The molecular formula is C17H21NOS. The van der Waals surface area contributed by atoms with E-state index in [4.69, 9.17) is 0 Å². The normalized spacial score (nSPS) is 12.3. The van der Waals surface area contributed by atoms with Gasteiger partial charge in [-0.1, -0.05) is 49.4 Å². The van der Waals surface area contributed by atoms with Crippen LogP contribution in [0.25, 0.3) is 10.8 Å². The van der Waals surface area contributed by atoms with E-state index in [0.29, 0.717) is 0 Å². The molecule has 0 radical (unpaired) electrons. The number of thioether (sulfide) groups is 1. The Morgan fingerprint density at radius 1 is 1.20 bits per heavy atom. The molecule has 0 aliphatic rings. The first-order valence-corrected chi connectivity index (χ1v) is 8.12. The van der Waals surface area contributed by atoms with Gasteiger partial charge in [0.05, 0.1) is 5.25 Å². The van der Waals surface area contributed by atoms with E-state index >= 15 is 0 Å². The molecule has 0 aromatic heterocycles. The number of carbonyl (C=O) groups excluding carboxylic acids is 1. The molecule has 1 N–H and O–H groups in total. The first kappa shape index (κ1) is 14.9. The number of benzene rings is 2. The molecule has 0 aliphatic heterocycles. The molecule has 2 aromatic carbocycles. The summed E-state index contributed by atoms with van der Waals surface area (Å²) in [7, 11) is 0. The maximum Gasteiger partial charge on any atom is 0.232 e. The van der Waals surface area contributed by atoms with Gasteiger partial charge in [0.1, 0.15) is 0 Å².